The number of rotatable bonds is 30. The Morgan fingerprint density at radius 2 is 1.00 bits per heavy atom. The molecule has 2 atom stereocenters. The highest BCUT2D eigenvalue weighted by Gasteiger charge is 2.31. The fourth-order valence-electron chi connectivity index (χ4n) is 6.59. The first-order valence-corrected chi connectivity index (χ1v) is 18.6. The Labute approximate surface area is 288 Å². The summed E-state index contributed by atoms with van der Waals surface area (Å²) in [7, 11) is 0. The van der Waals surface area contributed by atoms with Crippen molar-refractivity contribution in [2.45, 2.75) is 168 Å². The van der Waals surface area contributed by atoms with Crippen molar-refractivity contribution in [1.82, 2.24) is 5.32 Å². The number of carboxylic acid groups (broad SMARTS) is 2. The lowest BCUT2D eigenvalue weighted by molar-refractivity contribution is -0.146. The summed E-state index contributed by atoms with van der Waals surface area (Å²) in [6.07, 6.45) is 17.8. The van der Waals surface area contributed by atoms with Crippen molar-refractivity contribution in [2.24, 2.45) is 23.7 Å². The average Bonchev–Trinajstić information content (AvgIpc) is 3.03. The molecule has 0 aliphatic heterocycles. The maximum absolute atomic E-state index is 12.9. The van der Waals surface area contributed by atoms with Gasteiger partial charge in [-0.2, -0.15) is 0 Å². The summed E-state index contributed by atoms with van der Waals surface area (Å²) < 4.78 is 0. The van der Waals surface area contributed by atoms with E-state index in [0.29, 0.717) is 31.7 Å². The monoisotopic (exact) mass is 677 g/mol. The van der Waals surface area contributed by atoms with Crippen molar-refractivity contribution in [3.63, 3.8) is 0 Å². The molecular weight excluding hydrogens is 614 g/mol. The molecule has 274 valence electrons. The summed E-state index contributed by atoms with van der Waals surface area (Å²) in [6.45, 7) is 3.61. The van der Waals surface area contributed by atoms with Crippen LogP contribution in [0.3, 0.4) is 0 Å². The minimum Gasteiger partial charge on any atom is -0.481 e. The summed E-state index contributed by atoms with van der Waals surface area (Å²) in [6, 6.07) is 0. The number of nitrogens with one attached hydrogen (secondary N) is 1. The van der Waals surface area contributed by atoms with Crippen LogP contribution in [0.25, 0.3) is 0 Å². The molecule has 0 aromatic rings. The molecule has 0 unspecified atom stereocenters. The molecule has 0 radical (unpaired) electrons. The van der Waals surface area contributed by atoms with Gasteiger partial charge in [-0.25, -0.2) is 0 Å². The average molecular weight is 678 g/mol. The predicted molar refractivity (Wildman–Crippen MR) is 184 cm³/mol. The van der Waals surface area contributed by atoms with E-state index < -0.39 is 23.8 Å². The number of carboxylic acids is 2. The SMILES string of the molecule is CC(=O)CCCCCCCCCCCCCCC(=O)NCC1CCC(C(=O)C[C@@H](CCC(=O)C[C@@H](CCC(C)=O)C(=O)O)C(=O)O)CC1. The Kier molecular flexibility index (Phi) is 23.4. The van der Waals surface area contributed by atoms with Crippen LogP contribution in [0.2, 0.25) is 0 Å². The fraction of sp³-hybridized carbons (Fsp3) is 0.816. The Hall–Kier alpha value is -2.91. The summed E-state index contributed by atoms with van der Waals surface area (Å²) >= 11 is 0. The van der Waals surface area contributed by atoms with Gasteiger partial charge in [-0.1, -0.05) is 64.2 Å². The molecule has 0 aromatic carbocycles. The van der Waals surface area contributed by atoms with Crippen LogP contribution in [0.15, 0.2) is 0 Å². The Morgan fingerprint density at radius 1 is 0.562 bits per heavy atom. The standard InChI is InChI=1S/C38H63NO9/c1-28(40)15-13-11-9-7-5-3-4-6-8-10-12-14-16-36(44)39-27-30-18-21-31(22-19-30)35(43)26-33(38(47)48)23-24-34(42)25-32(37(45)46)20-17-29(2)41/h30-33H,3-27H2,1-2H3,(H,39,44)(H,45,46)(H,47,48)/t30?,31?,32-,33-/m1/s1. The molecule has 1 rings (SSSR count). The number of hydrogen-bond donors (Lipinski definition) is 3. The van der Waals surface area contributed by atoms with Gasteiger partial charge in [-0.3, -0.25) is 24.0 Å². The maximum atomic E-state index is 12.9. The third kappa shape index (κ3) is 21.9. The molecule has 0 heterocycles. The van der Waals surface area contributed by atoms with E-state index in [1.54, 1.807) is 6.92 Å². The smallest absolute Gasteiger partial charge is 0.306 e. The van der Waals surface area contributed by atoms with Crippen LogP contribution < -0.4 is 5.32 Å². The second kappa shape index (κ2) is 26.0. The third-order valence-corrected chi connectivity index (χ3v) is 9.81. The van der Waals surface area contributed by atoms with E-state index in [4.69, 9.17) is 0 Å². The number of Topliss-reactive ketones (excluding diaryl/α,β-unsaturated/α-hetero) is 4. The molecule has 1 fully saturated rings. The number of amides is 1. The fourth-order valence-corrected chi connectivity index (χ4v) is 6.59. The van der Waals surface area contributed by atoms with Crippen LogP contribution in [0.5, 0.6) is 0 Å². The number of hydrogen-bond acceptors (Lipinski definition) is 7. The maximum Gasteiger partial charge on any atom is 0.306 e. The first-order valence-electron chi connectivity index (χ1n) is 18.6. The van der Waals surface area contributed by atoms with Gasteiger partial charge >= 0.3 is 11.9 Å². The van der Waals surface area contributed by atoms with Gasteiger partial charge in [0, 0.05) is 51.0 Å². The van der Waals surface area contributed by atoms with Crippen LogP contribution >= 0.6 is 0 Å². The summed E-state index contributed by atoms with van der Waals surface area (Å²) in [5.41, 5.74) is 0. The van der Waals surface area contributed by atoms with E-state index in [1.807, 2.05) is 0 Å². The molecule has 0 spiro atoms. The number of aliphatic carboxylic acids is 2. The highest BCUT2D eigenvalue weighted by Crippen LogP contribution is 2.31. The molecule has 10 heteroatoms. The van der Waals surface area contributed by atoms with Crippen molar-refractivity contribution in [1.29, 1.82) is 0 Å². The zero-order valence-corrected chi connectivity index (χ0v) is 29.7. The normalized spacial score (nSPS) is 17.3. The molecule has 1 aliphatic carbocycles. The van der Waals surface area contributed by atoms with Crippen LogP contribution in [0.4, 0.5) is 0 Å². The largest absolute Gasteiger partial charge is 0.481 e. The lowest BCUT2D eigenvalue weighted by Gasteiger charge is -2.28. The van der Waals surface area contributed by atoms with Gasteiger partial charge in [-0.05, 0) is 71.1 Å². The predicted octanol–water partition coefficient (Wildman–Crippen LogP) is 7.43. The van der Waals surface area contributed by atoms with Gasteiger partial charge in [0.1, 0.15) is 23.1 Å². The molecule has 10 nitrogen and oxygen atoms in total. The zero-order valence-electron chi connectivity index (χ0n) is 29.7. The zero-order chi connectivity index (χ0) is 35.7. The van der Waals surface area contributed by atoms with E-state index in [1.165, 1.54) is 51.9 Å². The van der Waals surface area contributed by atoms with Gasteiger partial charge in [-0.15, -0.1) is 0 Å². The van der Waals surface area contributed by atoms with E-state index in [2.05, 4.69) is 5.32 Å². The number of ketones is 4. The summed E-state index contributed by atoms with van der Waals surface area (Å²) in [5, 5.41) is 22.0. The summed E-state index contributed by atoms with van der Waals surface area (Å²) in [4.78, 5) is 83.0. The molecule has 48 heavy (non-hydrogen) atoms. The van der Waals surface area contributed by atoms with Crippen LogP contribution in [-0.2, 0) is 33.6 Å². The minimum atomic E-state index is -1.15. The lowest BCUT2D eigenvalue weighted by atomic mass is 9.77. The molecular formula is C38H63NO9. The van der Waals surface area contributed by atoms with Gasteiger partial charge < -0.3 is 25.1 Å². The van der Waals surface area contributed by atoms with E-state index in [0.717, 1.165) is 51.4 Å². The molecule has 1 saturated carbocycles. The summed E-state index contributed by atoms with van der Waals surface area (Å²) in [5.74, 6) is -4.47. The second-order valence-electron chi connectivity index (χ2n) is 14.2. The third-order valence-electron chi connectivity index (χ3n) is 9.81. The highest BCUT2D eigenvalue weighted by atomic mass is 16.4. The van der Waals surface area contributed by atoms with Crippen LogP contribution in [0, 0.1) is 23.7 Å². The number of carbonyl (C=O) groups excluding carboxylic acids is 5. The van der Waals surface area contributed by atoms with Gasteiger partial charge in [0.2, 0.25) is 5.91 Å². The van der Waals surface area contributed by atoms with Gasteiger partial charge in [0.25, 0.3) is 0 Å². The van der Waals surface area contributed by atoms with E-state index in [9.17, 15) is 43.8 Å². The van der Waals surface area contributed by atoms with E-state index in [-0.39, 0.29) is 73.5 Å². The molecule has 3 N–H and O–H groups in total. The molecule has 0 saturated heterocycles. The molecule has 0 bridgehead atoms. The van der Waals surface area contributed by atoms with E-state index >= 15 is 0 Å². The van der Waals surface area contributed by atoms with Crippen molar-refractivity contribution >= 4 is 41.0 Å². The Balaban J connectivity index is 2.16. The number of carbonyl (C=O) groups is 7. The first-order chi connectivity index (χ1) is 22.9. The molecule has 0 aromatic heterocycles. The first kappa shape index (κ1) is 43.1. The second-order valence-corrected chi connectivity index (χ2v) is 14.2. The minimum absolute atomic E-state index is 0.0220. The highest BCUT2D eigenvalue weighted by molar-refractivity contribution is 5.87. The van der Waals surface area contributed by atoms with Crippen molar-refractivity contribution < 1.29 is 43.8 Å². The van der Waals surface area contributed by atoms with Crippen molar-refractivity contribution in [3.05, 3.63) is 0 Å². The van der Waals surface area contributed by atoms with Crippen LogP contribution in [0.1, 0.15) is 168 Å². The molecule has 1 aliphatic rings. The van der Waals surface area contributed by atoms with Crippen molar-refractivity contribution in [3.8, 4) is 0 Å². The topological polar surface area (TPSA) is 172 Å². The van der Waals surface area contributed by atoms with Crippen LogP contribution in [-0.4, -0.2) is 57.7 Å². The molecule has 1 amide bonds. The lowest BCUT2D eigenvalue weighted by Crippen LogP contribution is -2.33. The quantitative estimate of drug-likeness (QED) is 0.0654. The Bertz CT molecular complexity index is 1020. The van der Waals surface area contributed by atoms with Gasteiger partial charge in [0.15, 0.2) is 0 Å². The Morgan fingerprint density at radius 3 is 1.48 bits per heavy atom. The van der Waals surface area contributed by atoms with Crippen molar-refractivity contribution in [2.75, 3.05) is 6.54 Å². The number of unbranched alkanes of at least 4 members (excludes halogenated alkanes) is 11. The van der Waals surface area contributed by atoms with Gasteiger partial charge in [0.05, 0.1) is 11.8 Å².